The highest BCUT2D eigenvalue weighted by Crippen LogP contribution is 2.39. The van der Waals surface area contributed by atoms with Gasteiger partial charge in [-0.05, 0) is 105 Å². The molecule has 320 valence electrons. The van der Waals surface area contributed by atoms with Crippen LogP contribution in [0.25, 0.3) is 82.8 Å². The minimum atomic E-state index is -2.99. The molecule has 4 heterocycles. The van der Waals surface area contributed by atoms with Crippen molar-refractivity contribution in [2.24, 2.45) is 0 Å². The standard InChI is InChI=1S/C62H42N4SSi/c1-3-19-46(20-4-1)68(47-21-5-2-6-22-47,48-23-15-17-42(37-48)43-33-35-54-60(38-43)66-59-31-13-14-32-61(59)67-41-62(66)63-54)49-24-16-18-44(39-49)64-57-30-12-9-27-52(57)53-40-45(34-36-58(53)64)65-55-28-10-7-25-50(55)51-26-8-11-29-56(51)65/h1-40H,41H2. The largest absolute Gasteiger partial charge is 0.309 e. The van der Waals surface area contributed by atoms with Gasteiger partial charge in [0.2, 0.25) is 0 Å². The number of thioether (sulfide) groups is 1. The summed E-state index contributed by atoms with van der Waals surface area (Å²) < 4.78 is 7.27. The van der Waals surface area contributed by atoms with Crippen LogP contribution in [-0.2, 0) is 5.75 Å². The van der Waals surface area contributed by atoms with E-state index in [4.69, 9.17) is 4.98 Å². The average molecular weight is 903 g/mol. The Bertz CT molecular complexity index is 4020. The number of nitrogens with zero attached hydrogens (tertiary/aromatic N) is 4. The Balaban J connectivity index is 0.969. The lowest BCUT2D eigenvalue weighted by Crippen LogP contribution is -2.74. The van der Waals surface area contributed by atoms with Gasteiger partial charge in [0, 0.05) is 37.8 Å². The van der Waals surface area contributed by atoms with Crippen LogP contribution in [-0.4, -0.2) is 26.8 Å². The molecule has 0 fully saturated rings. The van der Waals surface area contributed by atoms with Gasteiger partial charge in [-0.2, -0.15) is 0 Å². The van der Waals surface area contributed by atoms with Gasteiger partial charge in [0.05, 0.1) is 44.5 Å². The number of hydrogen-bond donors (Lipinski definition) is 0. The highest BCUT2D eigenvalue weighted by molar-refractivity contribution is 7.98. The molecule has 3 aromatic heterocycles. The summed E-state index contributed by atoms with van der Waals surface area (Å²) in [6, 6.07) is 90.3. The summed E-state index contributed by atoms with van der Waals surface area (Å²) in [5.41, 5.74) is 12.8. The monoisotopic (exact) mass is 902 g/mol. The Morgan fingerprint density at radius 2 is 0.882 bits per heavy atom. The van der Waals surface area contributed by atoms with E-state index in [9.17, 15) is 0 Å². The highest BCUT2D eigenvalue weighted by atomic mass is 32.2. The maximum Gasteiger partial charge on any atom is 0.179 e. The molecular formula is C62H42N4SSi. The molecule has 0 saturated heterocycles. The Morgan fingerprint density at radius 1 is 0.353 bits per heavy atom. The van der Waals surface area contributed by atoms with Crippen LogP contribution in [0.4, 0.5) is 0 Å². The van der Waals surface area contributed by atoms with Crippen molar-refractivity contribution in [2.45, 2.75) is 10.6 Å². The molecule has 14 rings (SSSR count). The molecular weight excluding hydrogens is 861 g/mol. The number of para-hydroxylation sites is 4. The summed E-state index contributed by atoms with van der Waals surface area (Å²) in [6.07, 6.45) is 0. The Kier molecular flexibility index (Phi) is 8.88. The minimum absolute atomic E-state index is 0.857. The minimum Gasteiger partial charge on any atom is -0.309 e. The molecule has 4 nitrogen and oxygen atoms in total. The first-order valence-corrected chi connectivity index (χ1v) is 26.3. The third kappa shape index (κ3) is 5.84. The molecule has 0 bridgehead atoms. The van der Waals surface area contributed by atoms with E-state index in [1.54, 1.807) is 0 Å². The first-order chi connectivity index (χ1) is 33.7. The molecule has 0 aliphatic carbocycles. The number of imidazole rings is 1. The molecule has 13 aromatic rings. The zero-order valence-electron chi connectivity index (χ0n) is 37.0. The van der Waals surface area contributed by atoms with Crippen LogP contribution in [0.2, 0.25) is 0 Å². The summed E-state index contributed by atoms with van der Waals surface area (Å²) >= 11 is 1.87. The second-order valence-corrected chi connectivity index (χ2v) is 22.7. The average Bonchev–Trinajstić information content (AvgIpc) is 4.07. The van der Waals surface area contributed by atoms with E-state index in [0.717, 1.165) is 34.0 Å². The van der Waals surface area contributed by atoms with Crippen molar-refractivity contribution in [1.82, 2.24) is 18.7 Å². The van der Waals surface area contributed by atoms with Crippen LogP contribution < -0.4 is 20.7 Å². The number of benzene rings is 10. The molecule has 1 aliphatic heterocycles. The second kappa shape index (κ2) is 15.5. The number of rotatable bonds is 7. The maximum absolute atomic E-state index is 5.11. The Hall–Kier alpha value is -8.16. The molecule has 68 heavy (non-hydrogen) atoms. The lowest BCUT2D eigenvalue weighted by atomic mass is 10.1. The van der Waals surface area contributed by atoms with Crippen LogP contribution in [0.15, 0.2) is 248 Å². The van der Waals surface area contributed by atoms with Crippen molar-refractivity contribution >= 4 is 95.2 Å². The van der Waals surface area contributed by atoms with Gasteiger partial charge in [-0.15, -0.1) is 11.8 Å². The van der Waals surface area contributed by atoms with E-state index in [1.165, 1.54) is 86.1 Å². The van der Waals surface area contributed by atoms with E-state index in [-0.39, 0.29) is 0 Å². The predicted octanol–water partition coefficient (Wildman–Crippen LogP) is 12.9. The van der Waals surface area contributed by atoms with Crippen molar-refractivity contribution < 1.29 is 0 Å². The topological polar surface area (TPSA) is 27.7 Å². The molecule has 0 saturated carbocycles. The molecule has 1 aliphatic rings. The highest BCUT2D eigenvalue weighted by Gasteiger charge is 2.42. The van der Waals surface area contributed by atoms with E-state index in [2.05, 4.69) is 256 Å². The van der Waals surface area contributed by atoms with Gasteiger partial charge >= 0.3 is 0 Å². The third-order valence-corrected chi connectivity index (χ3v) is 20.1. The summed E-state index contributed by atoms with van der Waals surface area (Å²) in [4.78, 5) is 6.41. The Labute approximate surface area is 399 Å². The smallest absolute Gasteiger partial charge is 0.179 e. The molecule has 0 amide bonds. The fraction of sp³-hybridized carbons (Fsp3) is 0.0161. The van der Waals surface area contributed by atoms with Crippen LogP contribution in [0.5, 0.6) is 0 Å². The SMILES string of the molecule is c1ccc([Si](c2ccccc2)(c2cccc(-c3ccc4nc5n(c4c3)-c3ccccc3SC5)c2)c2cccc(-n3c4ccccc4c4cc(-n5c6ccccc6c6ccccc65)ccc43)c2)cc1. The van der Waals surface area contributed by atoms with Crippen molar-refractivity contribution in [3.05, 3.63) is 248 Å². The quantitative estimate of drug-likeness (QED) is 0.118. The lowest BCUT2D eigenvalue weighted by molar-refractivity contribution is 0.945. The second-order valence-electron chi connectivity index (χ2n) is 17.9. The Morgan fingerprint density at radius 3 is 1.57 bits per heavy atom. The van der Waals surface area contributed by atoms with Crippen molar-refractivity contribution in [1.29, 1.82) is 0 Å². The normalized spacial score (nSPS) is 12.6. The number of hydrogen-bond acceptors (Lipinski definition) is 2. The van der Waals surface area contributed by atoms with Crippen LogP contribution in [0, 0.1) is 0 Å². The van der Waals surface area contributed by atoms with E-state index in [0.29, 0.717) is 0 Å². The van der Waals surface area contributed by atoms with E-state index in [1.807, 2.05) is 11.8 Å². The molecule has 0 unspecified atom stereocenters. The van der Waals surface area contributed by atoms with Gasteiger partial charge in [-0.25, -0.2) is 4.98 Å². The summed E-state index contributed by atoms with van der Waals surface area (Å²) in [7, 11) is -2.99. The van der Waals surface area contributed by atoms with Crippen LogP contribution >= 0.6 is 11.8 Å². The predicted molar refractivity (Wildman–Crippen MR) is 288 cm³/mol. The van der Waals surface area contributed by atoms with E-state index < -0.39 is 8.07 Å². The van der Waals surface area contributed by atoms with Gasteiger partial charge in [0.1, 0.15) is 5.82 Å². The fourth-order valence-electron chi connectivity index (χ4n) is 11.3. The zero-order valence-corrected chi connectivity index (χ0v) is 38.8. The fourth-order valence-corrected chi connectivity index (χ4v) is 17.1. The van der Waals surface area contributed by atoms with E-state index >= 15 is 0 Å². The van der Waals surface area contributed by atoms with Gasteiger partial charge in [0.15, 0.2) is 8.07 Å². The zero-order chi connectivity index (χ0) is 44.8. The molecule has 0 radical (unpaired) electrons. The van der Waals surface area contributed by atoms with Crippen molar-refractivity contribution in [3.63, 3.8) is 0 Å². The van der Waals surface area contributed by atoms with Crippen molar-refractivity contribution in [3.8, 4) is 28.2 Å². The molecule has 0 N–H and O–H groups in total. The first kappa shape index (κ1) is 39.0. The summed E-state index contributed by atoms with van der Waals surface area (Å²) in [5, 5.41) is 10.3. The summed E-state index contributed by atoms with van der Waals surface area (Å²) in [5.74, 6) is 1.96. The first-order valence-electron chi connectivity index (χ1n) is 23.3. The van der Waals surface area contributed by atoms with Crippen molar-refractivity contribution in [2.75, 3.05) is 0 Å². The van der Waals surface area contributed by atoms with Gasteiger partial charge in [-0.1, -0.05) is 170 Å². The number of aromatic nitrogens is 4. The van der Waals surface area contributed by atoms with Gasteiger partial charge in [0.25, 0.3) is 0 Å². The van der Waals surface area contributed by atoms with Gasteiger partial charge < -0.3 is 9.13 Å². The third-order valence-electron chi connectivity index (χ3n) is 14.3. The molecule has 0 spiro atoms. The maximum atomic E-state index is 5.11. The van der Waals surface area contributed by atoms with Crippen LogP contribution in [0.3, 0.4) is 0 Å². The number of fused-ring (bicyclic) bond motifs is 11. The molecule has 0 atom stereocenters. The summed E-state index contributed by atoms with van der Waals surface area (Å²) in [6.45, 7) is 0. The molecule has 6 heteroatoms. The van der Waals surface area contributed by atoms with Gasteiger partial charge in [-0.3, -0.25) is 4.57 Å². The lowest BCUT2D eigenvalue weighted by Gasteiger charge is -2.35. The molecule has 10 aromatic carbocycles. The van der Waals surface area contributed by atoms with Crippen LogP contribution in [0.1, 0.15) is 5.82 Å².